The van der Waals surface area contributed by atoms with Gasteiger partial charge in [0.1, 0.15) is 17.3 Å². The third-order valence-corrected chi connectivity index (χ3v) is 4.37. The molecule has 128 valence electrons. The third kappa shape index (κ3) is 3.43. The maximum atomic E-state index is 12.2. The quantitative estimate of drug-likeness (QED) is 0.877. The van der Waals surface area contributed by atoms with Gasteiger partial charge < -0.3 is 14.8 Å². The third-order valence-electron chi connectivity index (χ3n) is 4.37. The Labute approximate surface area is 141 Å². The van der Waals surface area contributed by atoms with E-state index in [1.165, 1.54) is 0 Å². The summed E-state index contributed by atoms with van der Waals surface area (Å²) in [6, 6.07) is 5.23. The summed E-state index contributed by atoms with van der Waals surface area (Å²) < 4.78 is 5.23. The first-order chi connectivity index (χ1) is 11.6. The molecule has 1 aliphatic rings. The van der Waals surface area contributed by atoms with Crippen molar-refractivity contribution in [3.63, 3.8) is 0 Å². The van der Waals surface area contributed by atoms with Crippen molar-refractivity contribution in [2.45, 2.75) is 39.3 Å². The van der Waals surface area contributed by atoms with Gasteiger partial charge in [-0.1, -0.05) is 6.92 Å². The van der Waals surface area contributed by atoms with E-state index in [9.17, 15) is 9.90 Å². The van der Waals surface area contributed by atoms with Crippen molar-refractivity contribution in [2.75, 3.05) is 13.7 Å². The number of aromatic amines is 1. The Morgan fingerprint density at radius 1 is 1.42 bits per heavy atom. The Morgan fingerprint density at radius 3 is 3.00 bits per heavy atom. The first-order valence-corrected chi connectivity index (χ1v) is 8.30. The average Bonchev–Trinajstić information content (AvgIpc) is 2.57. The first-order valence-electron chi connectivity index (χ1n) is 8.30. The number of hydrogen-bond donors (Lipinski definition) is 2. The van der Waals surface area contributed by atoms with Crippen molar-refractivity contribution in [3.8, 4) is 11.5 Å². The van der Waals surface area contributed by atoms with Crippen LogP contribution >= 0.6 is 0 Å². The zero-order valence-electron chi connectivity index (χ0n) is 14.1. The van der Waals surface area contributed by atoms with Gasteiger partial charge in [-0.05, 0) is 31.0 Å². The molecule has 0 aliphatic carbocycles. The van der Waals surface area contributed by atoms with Gasteiger partial charge >= 0.3 is 0 Å². The maximum absolute atomic E-state index is 12.2. The highest BCUT2D eigenvalue weighted by atomic mass is 16.5. The number of benzene rings is 1. The summed E-state index contributed by atoms with van der Waals surface area (Å²) in [5.74, 6) is 1.74. The van der Waals surface area contributed by atoms with E-state index in [4.69, 9.17) is 4.74 Å². The molecular formula is C18H23N3O3. The molecule has 6 nitrogen and oxygen atoms in total. The minimum absolute atomic E-state index is 0.00710. The van der Waals surface area contributed by atoms with Crippen LogP contribution in [0.5, 0.6) is 11.5 Å². The normalized spacial score (nSPS) is 14.4. The number of aromatic hydroxyl groups is 1. The molecule has 1 aromatic heterocycles. The predicted molar refractivity (Wildman–Crippen MR) is 91.3 cm³/mol. The number of hydrogen-bond acceptors (Lipinski definition) is 5. The van der Waals surface area contributed by atoms with Crippen LogP contribution in [0.3, 0.4) is 0 Å². The highest BCUT2D eigenvalue weighted by molar-refractivity contribution is 5.39. The van der Waals surface area contributed by atoms with Gasteiger partial charge in [0.05, 0.1) is 12.8 Å². The fourth-order valence-corrected chi connectivity index (χ4v) is 3.09. The summed E-state index contributed by atoms with van der Waals surface area (Å²) in [7, 11) is 1.61. The van der Waals surface area contributed by atoms with Crippen molar-refractivity contribution >= 4 is 0 Å². The van der Waals surface area contributed by atoms with Gasteiger partial charge in [0.2, 0.25) is 0 Å². The molecule has 24 heavy (non-hydrogen) atoms. The van der Waals surface area contributed by atoms with E-state index < -0.39 is 0 Å². The zero-order valence-corrected chi connectivity index (χ0v) is 14.1. The lowest BCUT2D eigenvalue weighted by Gasteiger charge is -2.28. The summed E-state index contributed by atoms with van der Waals surface area (Å²) in [5.41, 5.74) is 2.46. The lowest BCUT2D eigenvalue weighted by atomic mass is 10.0. The van der Waals surface area contributed by atoms with E-state index >= 15 is 0 Å². The predicted octanol–water partition coefficient (Wildman–Crippen LogP) is 1.99. The number of aromatic nitrogens is 2. The van der Waals surface area contributed by atoms with Crippen molar-refractivity contribution < 1.29 is 9.84 Å². The summed E-state index contributed by atoms with van der Waals surface area (Å²) in [5, 5.41) is 10.1. The average molecular weight is 329 g/mol. The standard InChI is InChI=1S/C18H23N3O3/c1-3-4-17-19-15-11-21(8-7-14(15)18(23)20-17)10-12-9-13(24-2)5-6-16(12)22/h5-6,9,22H,3-4,7-8,10-11H2,1-2H3,(H,19,20,23). The molecule has 0 fully saturated rings. The molecule has 2 N–H and O–H groups in total. The smallest absolute Gasteiger partial charge is 0.254 e. The maximum Gasteiger partial charge on any atom is 0.254 e. The SMILES string of the molecule is CCCc1nc2c(c(=O)[nH]1)CCN(Cc1cc(OC)ccc1O)C2. The van der Waals surface area contributed by atoms with E-state index in [1.54, 1.807) is 19.2 Å². The number of methoxy groups -OCH3 is 1. The Hall–Kier alpha value is -2.34. The molecule has 1 aromatic carbocycles. The zero-order chi connectivity index (χ0) is 17.1. The van der Waals surface area contributed by atoms with Crippen LogP contribution in [0.2, 0.25) is 0 Å². The van der Waals surface area contributed by atoms with E-state index in [0.717, 1.165) is 47.8 Å². The van der Waals surface area contributed by atoms with Crippen LogP contribution in [0, 0.1) is 0 Å². The number of rotatable bonds is 5. The fraction of sp³-hybridized carbons (Fsp3) is 0.444. The molecule has 0 saturated carbocycles. The molecule has 0 atom stereocenters. The molecule has 1 aliphatic heterocycles. The lowest BCUT2D eigenvalue weighted by Crippen LogP contribution is -2.35. The van der Waals surface area contributed by atoms with Gasteiger partial charge in [0.15, 0.2) is 0 Å². The number of nitrogens with zero attached hydrogens (tertiary/aromatic N) is 2. The van der Waals surface area contributed by atoms with Crippen molar-refractivity contribution in [1.29, 1.82) is 0 Å². The highest BCUT2D eigenvalue weighted by Crippen LogP contribution is 2.26. The Morgan fingerprint density at radius 2 is 2.25 bits per heavy atom. The van der Waals surface area contributed by atoms with Crippen molar-refractivity contribution in [2.24, 2.45) is 0 Å². The molecule has 0 saturated heterocycles. The minimum Gasteiger partial charge on any atom is -0.508 e. The summed E-state index contributed by atoms with van der Waals surface area (Å²) in [4.78, 5) is 21.9. The number of ether oxygens (including phenoxy) is 1. The van der Waals surface area contributed by atoms with Crippen LogP contribution in [0.25, 0.3) is 0 Å². The summed E-state index contributed by atoms with van der Waals surface area (Å²) >= 11 is 0. The van der Waals surface area contributed by atoms with E-state index in [-0.39, 0.29) is 11.3 Å². The second-order valence-electron chi connectivity index (χ2n) is 6.14. The second-order valence-corrected chi connectivity index (χ2v) is 6.14. The molecule has 0 radical (unpaired) electrons. The van der Waals surface area contributed by atoms with Crippen LogP contribution in [0.1, 0.15) is 36.0 Å². The number of aryl methyl sites for hydroxylation is 1. The monoisotopic (exact) mass is 329 g/mol. The largest absolute Gasteiger partial charge is 0.508 e. The number of phenols is 1. The molecule has 0 amide bonds. The summed E-state index contributed by atoms with van der Waals surface area (Å²) in [6.07, 6.45) is 2.40. The number of fused-ring (bicyclic) bond motifs is 1. The molecule has 0 bridgehead atoms. The van der Waals surface area contributed by atoms with Crippen LogP contribution < -0.4 is 10.3 Å². The van der Waals surface area contributed by atoms with Gasteiger partial charge in [-0.2, -0.15) is 0 Å². The molecular weight excluding hydrogens is 306 g/mol. The van der Waals surface area contributed by atoms with Gasteiger partial charge in [-0.3, -0.25) is 9.69 Å². The molecule has 0 unspecified atom stereocenters. The van der Waals surface area contributed by atoms with Crippen LogP contribution in [-0.2, 0) is 25.9 Å². The lowest BCUT2D eigenvalue weighted by molar-refractivity contribution is 0.236. The second kappa shape index (κ2) is 7.05. The number of phenolic OH excluding ortho intramolecular Hbond substituents is 1. The Bertz CT molecular complexity index is 786. The van der Waals surface area contributed by atoms with Crippen LogP contribution in [0.4, 0.5) is 0 Å². The van der Waals surface area contributed by atoms with Crippen LogP contribution in [0.15, 0.2) is 23.0 Å². The van der Waals surface area contributed by atoms with E-state index in [0.29, 0.717) is 19.5 Å². The van der Waals surface area contributed by atoms with Gasteiger partial charge in [0.25, 0.3) is 5.56 Å². The fourth-order valence-electron chi connectivity index (χ4n) is 3.09. The van der Waals surface area contributed by atoms with E-state index in [2.05, 4.69) is 21.8 Å². The first kappa shape index (κ1) is 16.5. The minimum atomic E-state index is -0.00710. The number of nitrogens with one attached hydrogen (secondary N) is 1. The Kier molecular flexibility index (Phi) is 4.85. The van der Waals surface area contributed by atoms with Gasteiger partial charge in [-0.25, -0.2) is 4.98 Å². The van der Waals surface area contributed by atoms with Crippen molar-refractivity contribution in [3.05, 3.63) is 51.2 Å². The van der Waals surface area contributed by atoms with Gasteiger partial charge in [-0.15, -0.1) is 0 Å². The molecule has 6 heteroatoms. The van der Waals surface area contributed by atoms with E-state index in [1.807, 2.05) is 6.07 Å². The van der Waals surface area contributed by atoms with Crippen molar-refractivity contribution in [1.82, 2.24) is 14.9 Å². The van der Waals surface area contributed by atoms with Crippen LogP contribution in [-0.4, -0.2) is 33.6 Å². The molecule has 0 spiro atoms. The molecule has 2 aromatic rings. The number of H-pyrrole nitrogens is 1. The highest BCUT2D eigenvalue weighted by Gasteiger charge is 2.21. The topological polar surface area (TPSA) is 78.5 Å². The Balaban J connectivity index is 1.81. The van der Waals surface area contributed by atoms with Gasteiger partial charge in [0, 0.05) is 37.2 Å². The summed E-state index contributed by atoms with van der Waals surface area (Å²) in [6.45, 7) is 4.05. The molecule has 2 heterocycles. The molecule has 3 rings (SSSR count).